The summed E-state index contributed by atoms with van der Waals surface area (Å²) in [5.41, 5.74) is 1.88. The number of rotatable bonds is 1. The summed E-state index contributed by atoms with van der Waals surface area (Å²) < 4.78 is 0. The Morgan fingerprint density at radius 3 is 2.00 bits per heavy atom. The molecule has 4 rings (SSSR count). The lowest BCUT2D eigenvalue weighted by Gasteiger charge is -2.46. The zero-order chi connectivity index (χ0) is 14.5. The van der Waals surface area contributed by atoms with Crippen molar-refractivity contribution >= 4 is 0 Å². The van der Waals surface area contributed by atoms with Crippen LogP contribution in [0.2, 0.25) is 0 Å². The fourth-order valence-corrected chi connectivity index (χ4v) is 8.08. The van der Waals surface area contributed by atoms with E-state index < -0.39 is 0 Å². The van der Waals surface area contributed by atoms with Gasteiger partial charge >= 0.3 is 0 Å². The maximum atomic E-state index is 2.66. The van der Waals surface area contributed by atoms with Crippen molar-refractivity contribution in [2.24, 2.45) is 51.8 Å². The van der Waals surface area contributed by atoms with Crippen LogP contribution in [0.15, 0.2) is 0 Å². The van der Waals surface area contributed by atoms with Crippen LogP contribution in [0.4, 0.5) is 0 Å². The summed E-state index contributed by atoms with van der Waals surface area (Å²) in [6.07, 6.45) is 7.66. The first-order valence-corrected chi connectivity index (χ1v) is 9.19. The van der Waals surface area contributed by atoms with E-state index in [2.05, 4.69) is 41.5 Å². The van der Waals surface area contributed by atoms with Crippen LogP contribution in [0.25, 0.3) is 0 Å². The minimum Gasteiger partial charge on any atom is -0.0622 e. The maximum Gasteiger partial charge on any atom is -0.0241 e. The Labute approximate surface area is 126 Å². The van der Waals surface area contributed by atoms with Crippen molar-refractivity contribution in [2.45, 2.75) is 73.6 Å². The molecule has 4 fully saturated rings. The van der Waals surface area contributed by atoms with Gasteiger partial charge in [-0.15, -0.1) is 0 Å². The summed E-state index contributed by atoms with van der Waals surface area (Å²) in [6, 6.07) is 0. The largest absolute Gasteiger partial charge is 0.0622 e. The third-order valence-electron chi connectivity index (χ3n) is 9.58. The summed E-state index contributed by atoms with van der Waals surface area (Å²) in [6.45, 7) is 15.6. The van der Waals surface area contributed by atoms with Gasteiger partial charge in [-0.2, -0.15) is 0 Å². The Bertz CT molecular complexity index is 431. The van der Waals surface area contributed by atoms with E-state index in [9.17, 15) is 0 Å². The van der Waals surface area contributed by atoms with E-state index in [1.165, 1.54) is 19.3 Å². The quantitative estimate of drug-likeness (QED) is 0.569. The Morgan fingerprint density at radius 1 is 0.850 bits per heavy atom. The average molecular weight is 274 g/mol. The predicted molar refractivity (Wildman–Crippen MR) is 85.4 cm³/mol. The lowest BCUT2D eigenvalue weighted by atomic mass is 9.59. The standard InChI is InChI=1S/C20H34/c1-12-9-14-10-15(17(12)18(14,2)3)16-11-13-7-8-20(16,6)19(13,4)5/h12-17H,7-11H2,1-6H3. The topological polar surface area (TPSA) is 0 Å². The molecule has 7 atom stereocenters. The van der Waals surface area contributed by atoms with Crippen molar-refractivity contribution in [2.75, 3.05) is 0 Å². The maximum absolute atomic E-state index is 2.66. The molecule has 0 heterocycles. The molecule has 0 aromatic rings. The molecular weight excluding hydrogens is 240 g/mol. The molecule has 4 saturated carbocycles. The van der Waals surface area contributed by atoms with E-state index in [-0.39, 0.29) is 0 Å². The van der Waals surface area contributed by atoms with Gasteiger partial charge in [0.2, 0.25) is 0 Å². The minimum atomic E-state index is 0.604. The number of fused-ring (bicyclic) bond motifs is 4. The highest BCUT2D eigenvalue weighted by molar-refractivity contribution is 5.16. The van der Waals surface area contributed by atoms with Gasteiger partial charge in [-0.05, 0) is 83.9 Å². The predicted octanol–water partition coefficient (Wildman–Crippen LogP) is 5.77. The zero-order valence-corrected chi connectivity index (χ0v) is 14.5. The second-order valence-corrected chi connectivity index (χ2v) is 10.4. The van der Waals surface area contributed by atoms with Gasteiger partial charge in [0.1, 0.15) is 0 Å². The Hall–Kier alpha value is 0. The fraction of sp³-hybridized carbons (Fsp3) is 1.00. The van der Waals surface area contributed by atoms with Crippen molar-refractivity contribution in [3.8, 4) is 0 Å². The molecule has 4 aliphatic carbocycles. The van der Waals surface area contributed by atoms with Crippen LogP contribution in [0.1, 0.15) is 73.6 Å². The number of hydrogen-bond donors (Lipinski definition) is 0. The van der Waals surface area contributed by atoms with E-state index in [0.29, 0.717) is 16.2 Å². The molecule has 0 nitrogen and oxygen atoms in total. The molecule has 4 aliphatic rings. The van der Waals surface area contributed by atoms with Crippen molar-refractivity contribution in [3.63, 3.8) is 0 Å². The van der Waals surface area contributed by atoms with Crippen LogP contribution in [0.5, 0.6) is 0 Å². The first kappa shape index (κ1) is 13.6. The monoisotopic (exact) mass is 274 g/mol. The molecule has 7 unspecified atom stereocenters. The van der Waals surface area contributed by atoms with Crippen molar-refractivity contribution in [1.29, 1.82) is 0 Å². The molecule has 114 valence electrons. The molecule has 4 bridgehead atoms. The summed E-state index contributed by atoms with van der Waals surface area (Å²) in [5, 5.41) is 0. The van der Waals surface area contributed by atoms with E-state index in [4.69, 9.17) is 0 Å². The molecule has 0 aliphatic heterocycles. The first-order valence-electron chi connectivity index (χ1n) is 9.19. The lowest BCUT2D eigenvalue weighted by molar-refractivity contribution is 0.0263. The lowest BCUT2D eigenvalue weighted by Crippen LogP contribution is -2.39. The summed E-state index contributed by atoms with van der Waals surface area (Å²) in [4.78, 5) is 0. The smallest absolute Gasteiger partial charge is 0.0241 e. The van der Waals surface area contributed by atoms with Crippen LogP contribution in [0.3, 0.4) is 0 Å². The van der Waals surface area contributed by atoms with Gasteiger partial charge in [-0.3, -0.25) is 0 Å². The molecular formula is C20H34. The van der Waals surface area contributed by atoms with Crippen molar-refractivity contribution in [1.82, 2.24) is 0 Å². The van der Waals surface area contributed by atoms with Gasteiger partial charge in [-0.1, -0.05) is 41.5 Å². The SMILES string of the molecule is CC1CC2CC(C3CC4CCC3(C)C4(C)C)C1C2(C)C. The normalized spacial score (nSPS) is 58.5. The molecule has 0 aromatic carbocycles. The van der Waals surface area contributed by atoms with Gasteiger partial charge < -0.3 is 0 Å². The number of hydrogen-bond acceptors (Lipinski definition) is 0. The van der Waals surface area contributed by atoms with Gasteiger partial charge in [0.05, 0.1) is 0 Å². The average Bonchev–Trinajstić information content (AvgIpc) is 2.88. The third kappa shape index (κ3) is 1.31. The molecule has 0 amide bonds. The van der Waals surface area contributed by atoms with Crippen LogP contribution >= 0.6 is 0 Å². The highest BCUT2D eigenvalue weighted by Crippen LogP contribution is 2.74. The first-order chi connectivity index (χ1) is 9.19. The molecule has 20 heavy (non-hydrogen) atoms. The van der Waals surface area contributed by atoms with Gasteiger partial charge in [-0.25, -0.2) is 0 Å². The highest BCUT2D eigenvalue weighted by Gasteiger charge is 2.67. The van der Waals surface area contributed by atoms with Crippen LogP contribution in [0, 0.1) is 51.8 Å². The Balaban J connectivity index is 1.68. The second-order valence-electron chi connectivity index (χ2n) is 10.4. The summed E-state index contributed by atoms with van der Waals surface area (Å²) in [7, 11) is 0. The van der Waals surface area contributed by atoms with Gasteiger partial charge in [0, 0.05) is 0 Å². The van der Waals surface area contributed by atoms with Gasteiger partial charge in [0.25, 0.3) is 0 Å². The van der Waals surface area contributed by atoms with E-state index in [1.807, 2.05) is 0 Å². The van der Waals surface area contributed by atoms with Crippen molar-refractivity contribution < 1.29 is 0 Å². The van der Waals surface area contributed by atoms with Crippen LogP contribution in [-0.4, -0.2) is 0 Å². The van der Waals surface area contributed by atoms with E-state index in [1.54, 1.807) is 12.8 Å². The Morgan fingerprint density at radius 2 is 1.55 bits per heavy atom. The minimum absolute atomic E-state index is 0.604. The summed E-state index contributed by atoms with van der Waals surface area (Å²) >= 11 is 0. The molecule has 0 saturated heterocycles. The van der Waals surface area contributed by atoms with Crippen LogP contribution in [-0.2, 0) is 0 Å². The highest BCUT2D eigenvalue weighted by atomic mass is 14.7. The van der Waals surface area contributed by atoms with Crippen LogP contribution < -0.4 is 0 Å². The molecule has 0 aromatic heterocycles. The third-order valence-corrected chi connectivity index (χ3v) is 9.58. The molecule has 0 N–H and O–H groups in total. The Kier molecular flexibility index (Phi) is 2.50. The molecule has 0 heteroatoms. The fourth-order valence-electron chi connectivity index (χ4n) is 8.08. The van der Waals surface area contributed by atoms with Gasteiger partial charge in [0.15, 0.2) is 0 Å². The molecule has 0 spiro atoms. The molecule has 0 radical (unpaired) electrons. The zero-order valence-electron chi connectivity index (χ0n) is 14.5. The van der Waals surface area contributed by atoms with E-state index in [0.717, 1.165) is 35.5 Å². The van der Waals surface area contributed by atoms with Crippen molar-refractivity contribution in [3.05, 3.63) is 0 Å². The summed E-state index contributed by atoms with van der Waals surface area (Å²) in [5.74, 6) is 6.14. The van der Waals surface area contributed by atoms with E-state index >= 15 is 0 Å². The second kappa shape index (κ2) is 3.66.